The van der Waals surface area contributed by atoms with Crippen LogP contribution in [-0.4, -0.2) is 17.9 Å². The maximum atomic E-state index is 2.35. The molecule has 0 fully saturated rings. The Balaban J connectivity index is 3.44. The van der Waals surface area contributed by atoms with Crippen molar-refractivity contribution in [2.45, 2.75) is 18.7 Å². The van der Waals surface area contributed by atoms with E-state index < -0.39 is 8.75 Å². The van der Waals surface area contributed by atoms with Crippen molar-refractivity contribution in [3.05, 3.63) is 41.8 Å². The van der Waals surface area contributed by atoms with Gasteiger partial charge in [-0.05, 0) is 31.3 Å². The monoisotopic (exact) mass is 208 g/mol. The maximum absolute atomic E-state index is 2.35. The second kappa shape index (κ2) is 3.74. The molecule has 0 aliphatic heterocycles. The van der Waals surface area contributed by atoms with Crippen molar-refractivity contribution >= 4 is 14.1 Å². The minimum Gasteiger partial charge on any atom is -0.213 e. The molecule has 0 nitrogen and oxygen atoms in total. The molecular formula is C13H20S. The van der Waals surface area contributed by atoms with Crippen molar-refractivity contribution in [2.75, 3.05) is 12.5 Å². The predicted molar refractivity (Wildman–Crippen MR) is 70.7 cm³/mol. The van der Waals surface area contributed by atoms with Gasteiger partial charge in [-0.1, -0.05) is 47.2 Å². The molecule has 0 bridgehead atoms. The topological polar surface area (TPSA) is 0 Å². The van der Waals surface area contributed by atoms with Gasteiger partial charge < -0.3 is 0 Å². The Kier molecular flexibility index (Phi) is 3.01. The molecule has 0 radical (unpaired) electrons. The second-order valence-corrected chi connectivity index (χ2v) is 9.63. The lowest BCUT2D eigenvalue weighted by Crippen LogP contribution is -2.03. The summed E-state index contributed by atoms with van der Waals surface area (Å²) in [6.45, 7) is 4.25. The number of hydrogen-bond donors (Lipinski definition) is 0. The van der Waals surface area contributed by atoms with E-state index in [-0.39, 0.29) is 0 Å². The highest BCUT2D eigenvalue weighted by Crippen LogP contribution is 2.60. The summed E-state index contributed by atoms with van der Waals surface area (Å²) in [7, 11) is -1.62. The first-order valence-electron chi connectivity index (χ1n) is 4.89. The lowest BCUT2D eigenvalue weighted by molar-refractivity contribution is 1.44. The van der Waals surface area contributed by atoms with Crippen LogP contribution in [0.3, 0.4) is 0 Å². The van der Waals surface area contributed by atoms with Gasteiger partial charge in [-0.3, -0.25) is 0 Å². The zero-order chi connectivity index (χ0) is 10.7. The Labute approximate surface area is 87.5 Å². The summed E-state index contributed by atoms with van der Waals surface area (Å²) >= 11 is 0. The van der Waals surface area contributed by atoms with Crippen molar-refractivity contribution in [3.8, 4) is 0 Å². The maximum Gasteiger partial charge on any atom is -0.0107 e. The van der Waals surface area contributed by atoms with E-state index in [9.17, 15) is 0 Å². The summed E-state index contributed by atoms with van der Waals surface area (Å²) in [4.78, 5) is 1.44. The van der Waals surface area contributed by atoms with E-state index in [2.05, 4.69) is 73.5 Å². The van der Waals surface area contributed by atoms with Crippen molar-refractivity contribution in [2.24, 2.45) is 0 Å². The number of rotatable bonds is 2. The normalized spacial score (nSPS) is 15.0. The van der Waals surface area contributed by atoms with E-state index in [4.69, 9.17) is 0 Å². The van der Waals surface area contributed by atoms with Crippen LogP contribution in [0.25, 0.3) is 0 Å². The van der Waals surface area contributed by atoms with Gasteiger partial charge in [0.25, 0.3) is 0 Å². The van der Waals surface area contributed by atoms with Crippen LogP contribution < -0.4 is 0 Å². The molecule has 0 aliphatic carbocycles. The van der Waals surface area contributed by atoms with Crippen LogP contribution in [0.2, 0.25) is 0 Å². The molecule has 0 unspecified atom stereocenters. The molecule has 0 aliphatic rings. The number of benzene rings is 1. The van der Waals surface area contributed by atoms with Crippen LogP contribution in [-0.2, 0) is 0 Å². The van der Waals surface area contributed by atoms with E-state index in [1.54, 1.807) is 0 Å². The first-order chi connectivity index (χ1) is 6.52. The highest BCUT2D eigenvalue weighted by molar-refractivity contribution is 8.48. The Bertz CT molecular complexity index is 391. The van der Waals surface area contributed by atoms with Gasteiger partial charge >= 0.3 is 0 Å². The van der Waals surface area contributed by atoms with Gasteiger partial charge in [0.2, 0.25) is 0 Å². The van der Waals surface area contributed by atoms with Crippen LogP contribution in [0.1, 0.15) is 13.8 Å². The van der Waals surface area contributed by atoms with Gasteiger partial charge in [0.05, 0.1) is 0 Å². The Hall–Kier alpha value is -0.820. The molecule has 1 aromatic rings. The number of allylic oxidation sites excluding steroid dienone is 1. The molecule has 0 amide bonds. The van der Waals surface area contributed by atoms with E-state index in [1.807, 2.05) is 0 Å². The summed E-state index contributed by atoms with van der Waals surface area (Å²) in [5.41, 5.74) is 0. The third kappa shape index (κ3) is 1.98. The fraction of sp³-hybridized carbons (Fsp3) is 0.308. The second-order valence-electron chi connectivity index (χ2n) is 4.15. The molecule has 0 spiro atoms. The third-order valence-electron chi connectivity index (χ3n) is 2.77. The molecule has 1 rings (SSSR count). The highest BCUT2D eigenvalue weighted by atomic mass is 32.3. The van der Waals surface area contributed by atoms with Gasteiger partial charge in [-0.25, -0.2) is 8.75 Å². The van der Waals surface area contributed by atoms with Crippen molar-refractivity contribution < 1.29 is 0 Å². The molecular weight excluding hydrogens is 188 g/mol. The average Bonchev–Trinajstić information content (AvgIpc) is 2.20. The fourth-order valence-electron chi connectivity index (χ4n) is 1.56. The van der Waals surface area contributed by atoms with Crippen LogP contribution in [0.4, 0.5) is 0 Å². The molecule has 0 saturated carbocycles. The summed E-state index contributed by atoms with van der Waals surface area (Å²) in [5.74, 6) is 0. The van der Waals surface area contributed by atoms with Gasteiger partial charge in [0.1, 0.15) is 0 Å². The largest absolute Gasteiger partial charge is 0.213 e. The molecule has 14 heavy (non-hydrogen) atoms. The summed E-state index contributed by atoms with van der Waals surface area (Å²) < 4.78 is 0. The molecule has 0 aromatic heterocycles. The molecule has 1 aromatic carbocycles. The van der Waals surface area contributed by atoms with Crippen LogP contribution in [0, 0.1) is 0 Å². The minimum absolute atomic E-state index is 1.44. The molecule has 0 saturated heterocycles. The van der Waals surface area contributed by atoms with Crippen molar-refractivity contribution in [1.29, 1.82) is 0 Å². The van der Waals surface area contributed by atoms with E-state index in [0.717, 1.165) is 0 Å². The Morgan fingerprint density at radius 1 is 1.00 bits per heavy atom. The summed E-state index contributed by atoms with van der Waals surface area (Å²) in [6.07, 6.45) is 6.87. The predicted octanol–water partition coefficient (Wildman–Crippen LogP) is 4.00. The Morgan fingerprint density at radius 2 is 1.57 bits per heavy atom. The van der Waals surface area contributed by atoms with E-state index >= 15 is 0 Å². The summed E-state index contributed by atoms with van der Waals surface area (Å²) in [5, 5.41) is 4.71. The molecule has 78 valence electrons. The molecule has 0 heterocycles. The quantitative estimate of drug-likeness (QED) is 0.644. The third-order valence-corrected chi connectivity index (χ3v) is 7.09. The lowest BCUT2D eigenvalue weighted by atomic mass is 10.4. The van der Waals surface area contributed by atoms with Gasteiger partial charge in [0.15, 0.2) is 0 Å². The zero-order valence-corrected chi connectivity index (χ0v) is 10.3. The first-order valence-corrected chi connectivity index (χ1v) is 7.87. The molecule has 1 heteroatoms. The highest BCUT2D eigenvalue weighted by Gasteiger charge is 2.18. The first kappa shape index (κ1) is 11.3. The Morgan fingerprint density at radius 3 is 2.00 bits per heavy atom. The van der Waals surface area contributed by atoms with E-state index in [0.29, 0.717) is 0 Å². The smallest absolute Gasteiger partial charge is 0.0107 e. The lowest BCUT2D eigenvalue weighted by Gasteiger charge is -2.39. The van der Waals surface area contributed by atoms with Crippen molar-refractivity contribution in [1.82, 2.24) is 0 Å². The van der Waals surface area contributed by atoms with Crippen LogP contribution >= 0.6 is 8.75 Å². The van der Waals surface area contributed by atoms with Gasteiger partial charge in [-0.2, -0.15) is 0 Å². The summed E-state index contributed by atoms with van der Waals surface area (Å²) in [6, 6.07) is 10.8. The number of hydrogen-bond acceptors (Lipinski definition) is 0. The standard InChI is InChI=1S/C13H20S/c1-5-12-14(3,4,6-2)13-10-8-7-9-11-13/h5-12H,1-4H3/b12-5-. The molecule has 0 N–H and O–H groups in total. The van der Waals surface area contributed by atoms with Crippen LogP contribution in [0.5, 0.6) is 0 Å². The SMILES string of the molecule is CC=S(C)(C)(/C=C\C)c1ccccc1. The van der Waals surface area contributed by atoms with E-state index in [1.165, 1.54) is 4.90 Å². The zero-order valence-electron chi connectivity index (χ0n) is 9.53. The minimum atomic E-state index is -1.62. The molecule has 0 atom stereocenters. The van der Waals surface area contributed by atoms with Crippen LogP contribution in [0.15, 0.2) is 46.7 Å². The fourth-order valence-corrected chi connectivity index (χ4v) is 4.00. The van der Waals surface area contributed by atoms with Gasteiger partial charge in [0, 0.05) is 0 Å². The van der Waals surface area contributed by atoms with Crippen molar-refractivity contribution in [3.63, 3.8) is 0 Å². The van der Waals surface area contributed by atoms with Gasteiger partial charge in [-0.15, -0.1) is 0 Å². The average molecular weight is 208 g/mol.